The second-order valence-electron chi connectivity index (χ2n) is 28.4. The van der Waals surface area contributed by atoms with Crippen LogP contribution in [0.25, 0.3) is 0 Å². The van der Waals surface area contributed by atoms with E-state index in [1.807, 2.05) is 0 Å². The van der Waals surface area contributed by atoms with Crippen molar-refractivity contribution in [2.24, 2.45) is 45.3 Å². The molecule has 1 saturated heterocycles. The van der Waals surface area contributed by atoms with Gasteiger partial charge in [0, 0.05) is 18.3 Å². The fourth-order valence-electron chi connectivity index (χ4n) is 17.3. The number of aliphatic hydroxyl groups excluding tert-OH is 5. The highest BCUT2D eigenvalue weighted by Gasteiger charge is 2.73. The van der Waals surface area contributed by atoms with Crippen molar-refractivity contribution in [2.45, 2.75) is 355 Å². The lowest BCUT2D eigenvalue weighted by molar-refractivity contribution is -0.337. The Morgan fingerprint density at radius 1 is 0.608 bits per heavy atom. The summed E-state index contributed by atoms with van der Waals surface area (Å²) in [5, 5.41) is 59.4. The predicted octanol–water partition coefficient (Wildman–Crippen LogP) is 15.4. The Kier molecular flexibility index (Phi) is 28.1. The Labute approximate surface area is 482 Å². The SMILES string of the molecule is CCCCCCCCCCCCCCCC(=O)OCC1OC(OC(C)(CCC=C(C)C)C2CCC3(C)C2C(O)CC2C4(C)CCC(OC(=O)CCCCCCCCCCCCCCC)C(C)(C)C4C(O)CC23C)C(O)C(O)C1O. The van der Waals surface area contributed by atoms with Crippen molar-refractivity contribution >= 4 is 11.9 Å². The third-order valence-corrected chi connectivity index (χ3v) is 21.9. The first-order valence-corrected chi connectivity index (χ1v) is 33.3. The zero-order valence-corrected chi connectivity index (χ0v) is 52.4. The third-order valence-electron chi connectivity index (χ3n) is 21.9. The molecular formula is C68H122O11. The van der Waals surface area contributed by atoms with Crippen LogP contribution in [0.4, 0.5) is 0 Å². The van der Waals surface area contributed by atoms with Gasteiger partial charge in [0.05, 0.1) is 17.8 Å². The Morgan fingerprint density at radius 3 is 1.61 bits per heavy atom. The Hall–Kier alpha value is -1.60. The third kappa shape index (κ3) is 18.0. The van der Waals surface area contributed by atoms with Gasteiger partial charge in [-0.25, -0.2) is 0 Å². The molecule has 5 fully saturated rings. The van der Waals surface area contributed by atoms with Gasteiger partial charge in [0.2, 0.25) is 0 Å². The Bertz CT molecular complexity index is 1800. The van der Waals surface area contributed by atoms with E-state index < -0.39 is 53.9 Å². The van der Waals surface area contributed by atoms with Gasteiger partial charge < -0.3 is 44.5 Å². The molecule has 16 atom stereocenters. The Balaban J connectivity index is 1.17. The number of ether oxygens (including phenoxy) is 4. The van der Waals surface area contributed by atoms with Crippen molar-refractivity contribution in [3.63, 3.8) is 0 Å². The van der Waals surface area contributed by atoms with E-state index >= 15 is 0 Å². The van der Waals surface area contributed by atoms with Gasteiger partial charge in [-0.3, -0.25) is 9.59 Å². The van der Waals surface area contributed by atoms with E-state index in [4.69, 9.17) is 18.9 Å². The van der Waals surface area contributed by atoms with Gasteiger partial charge in [-0.2, -0.15) is 0 Å². The number of rotatable bonds is 37. The summed E-state index contributed by atoms with van der Waals surface area (Å²) in [6.07, 6.45) is 31.8. The first-order valence-electron chi connectivity index (χ1n) is 33.3. The van der Waals surface area contributed by atoms with Crippen molar-refractivity contribution < 1.29 is 54.1 Å². The quantitative estimate of drug-likeness (QED) is 0.0228. The molecule has 1 aliphatic heterocycles. The summed E-state index contributed by atoms with van der Waals surface area (Å²) in [4.78, 5) is 26.4. The molecule has 11 nitrogen and oxygen atoms in total. The summed E-state index contributed by atoms with van der Waals surface area (Å²) < 4.78 is 25.4. The molecule has 460 valence electrons. The monoisotopic (exact) mass is 1110 g/mol. The van der Waals surface area contributed by atoms with Gasteiger partial charge in [0.1, 0.15) is 37.1 Å². The normalized spacial score (nSPS) is 34.7. The number of carbonyl (C=O) groups is 2. The number of fused-ring (bicyclic) bond motifs is 5. The summed E-state index contributed by atoms with van der Waals surface area (Å²) in [6, 6.07) is 0. The van der Waals surface area contributed by atoms with Crippen LogP contribution in [0.3, 0.4) is 0 Å². The van der Waals surface area contributed by atoms with E-state index in [1.54, 1.807) is 0 Å². The van der Waals surface area contributed by atoms with E-state index in [9.17, 15) is 35.1 Å². The van der Waals surface area contributed by atoms with Crippen molar-refractivity contribution in [3.05, 3.63) is 11.6 Å². The van der Waals surface area contributed by atoms with E-state index in [1.165, 1.54) is 134 Å². The highest BCUT2D eigenvalue weighted by molar-refractivity contribution is 5.69. The molecule has 4 saturated carbocycles. The van der Waals surface area contributed by atoms with Crippen LogP contribution in [0.1, 0.15) is 300 Å². The summed E-state index contributed by atoms with van der Waals surface area (Å²) in [5.74, 6) is -0.892. The first kappa shape index (κ1) is 68.2. The lowest BCUT2D eigenvalue weighted by Crippen LogP contribution is -2.70. The van der Waals surface area contributed by atoms with Crippen LogP contribution in [0.15, 0.2) is 11.6 Å². The maximum absolute atomic E-state index is 13.5. The number of allylic oxidation sites excluding steroid dienone is 2. The van der Waals surface area contributed by atoms with Crippen LogP contribution in [0, 0.1) is 45.3 Å². The fraction of sp³-hybridized carbons (Fsp3) is 0.941. The van der Waals surface area contributed by atoms with Crippen LogP contribution >= 0.6 is 0 Å². The average Bonchev–Trinajstić information content (AvgIpc) is 2.44. The van der Waals surface area contributed by atoms with Gasteiger partial charge in [-0.1, -0.05) is 214 Å². The summed E-state index contributed by atoms with van der Waals surface area (Å²) in [5.41, 5.74) is -1.29. The summed E-state index contributed by atoms with van der Waals surface area (Å²) in [6.45, 7) is 21.9. The van der Waals surface area contributed by atoms with Crippen LogP contribution in [-0.4, -0.2) is 98.7 Å². The van der Waals surface area contributed by atoms with Crippen molar-refractivity contribution in [1.82, 2.24) is 0 Å². The number of esters is 2. The molecule has 5 rings (SSSR count). The molecule has 0 spiro atoms. The smallest absolute Gasteiger partial charge is 0.306 e. The number of unbranched alkanes of at least 4 members (excludes halogenated alkanes) is 24. The number of carbonyl (C=O) groups excluding carboxylic acids is 2. The molecule has 0 radical (unpaired) electrons. The largest absolute Gasteiger partial charge is 0.463 e. The van der Waals surface area contributed by atoms with E-state index in [-0.39, 0.29) is 71.0 Å². The molecule has 1 heterocycles. The lowest BCUT2D eigenvalue weighted by Gasteiger charge is -2.71. The lowest BCUT2D eigenvalue weighted by atomic mass is 9.34. The molecule has 0 bridgehead atoms. The molecule has 5 aliphatic rings. The molecule has 11 heteroatoms. The standard InChI is InChI=1S/C68H122O11/c1-11-13-15-17-19-21-23-25-27-29-31-33-35-39-56(71)76-48-53-59(73)60(74)61(75)63(77-53)79-68(10,43-37-38-49(3)4)50-41-45-66(8)58(50)51(69)46-54-65(7)44-42-55(64(5,6)62(65)52(70)47-67(54,66)9)78-57(72)40-36-34-32-30-28-26-24-22-20-18-16-14-12-2/h38,50-55,58-63,69-70,73-75H,11-37,39-48H2,1-10H3. The molecule has 5 N–H and O–H groups in total. The molecule has 0 amide bonds. The summed E-state index contributed by atoms with van der Waals surface area (Å²) in [7, 11) is 0. The van der Waals surface area contributed by atoms with E-state index in [2.05, 4.69) is 75.3 Å². The minimum Gasteiger partial charge on any atom is -0.463 e. The van der Waals surface area contributed by atoms with E-state index in [0.29, 0.717) is 32.1 Å². The van der Waals surface area contributed by atoms with Crippen molar-refractivity contribution in [3.8, 4) is 0 Å². The number of aliphatic hydroxyl groups is 5. The molecule has 4 aliphatic carbocycles. The Morgan fingerprint density at radius 2 is 1.10 bits per heavy atom. The van der Waals surface area contributed by atoms with Crippen molar-refractivity contribution in [1.29, 1.82) is 0 Å². The zero-order valence-electron chi connectivity index (χ0n) is 52.4. The van der Waals surface area contributed by atoms with E-state index in [0.717, 1.165) is 64.2 Å². The van der Waals surface area contributed by atoms with Crippen LogP contribution in [-0.2, 0) is 28.5 Å². The maximum Gasteiger partial charge on any atom is 0.306 e. The summed E-state index contributed by atoms with van der Waals surface area (Å²) >= 11 is 0. The van der Waals surface area contributed by atoms with Gasteiger partial charge >= 0.3 is 11.9 Å². The molecule has 0 aromatic heterocycles. The average molecular weight is 1120 g/mol. The molecule has 0 aromatic carbocycles. The number of hydrogen-bond acceptors (Lipinski definition) is 11. The van der Waals surface area contributed by atoms with Gasteiger partial charge in [0.15, 0.2) is 6.29 Å². The van der Waals surface area contributed by atoms with Crippen LogP contribution in [0.2, 0.25) is 0 Å². The second kappa shape index (κ2) is 32.6. The zero-order chi connectivity index (χ0) is 57.9. The van der Waals surface area contributed by atoms with Gasteiger partial charge in [-0.05, 0) is 125 Å². The van der Waals surface area contributed by atoms with Crippen LogP contribution < -0.4 is 0 Å². The minimum absolute atomic E-state index is 0.108. The molecule has 0 aromatic rings. The van der Waals surface area contributed by atoms with Gasteiger partial charge in [-0.15, -0.1) is 0 Å². The highest BCUT2D eigenvalue weighted by Crippen LogP contribution is 2.76. The van der Waals surface area contributed by atoms with Crippen molar-refractivity contribution in [2.75, 3.05) is 6.61 Å². The molecular weight excluding hydrogens is 993 g/mol. The number of hydrogen-bond donors (Lipinski definition) is 5. The topological polar surface area (TPSA) is 172 Å². The molecule has 79 heavy (non-hydrogen) atoms. The maximum atomic E-state index is 13.5. The predicted molar refractivity (Wildman–Crippen MR) is 318 cm³/mol. The first-order chi connectivity index (χ1) is 37.6. The fourth-order valence-corrected chi connectivity index (χ4v) is 17.3. The minimum atomic E-state index is -1.59. The van der Waals surface area contributed by atoms with Gasteiger partial charge in [0.25, 0.3) is 0 Å². The second-order valence-corrected chi connectivity index (χ2v) is 28.4. The molecule has 16 unspecified atom stereocenters. The van der Waals surface area contributed by atoms with Crippen LogP contribution in [0.5, 0.6) is 0 Å². The highest BCUT2D eigenvalue weighted by atomic mass is 16.7.